The molecule has 1 aliphatic carbocycles. The minimum Gasteiger partial charge on any atom is -0.313 e. The Balaban J connectivity index is 1.75. The molecule has 1 N–H and O–H groups in total. The van der Waals surface area contributed by atoms with Gasteiger partial charge in [-0.15, -0.1) is 0 Å². The van der Waals surface area contributed by atoms with E-state index < -0.39 is 17.4 Å². The lowest BCUT2D eigenvalue weighted by Crippen LogP contribution is -2.30. The number of Topliss-reactive ketones (excluding diaryl/α,β-unsaturated/α-hetero) is 1. The van der Waals surface area contributed by atoms with Crippen molar-refractivity contribution in [3.8, 4) is 0 Å². The van der Waals surface area contributed by atoms with Crippen molar-refractivity contribution >= 4 is 5.78 Å². The molecular weight excluding hydrogens is 248 g/mol. The maximum Gasteiger partial charge on any atom is 0.170 e. The summed E-state index contributed by atoms with van der Waals surface area (Å²) in [5.41, 5.74) is -0.384. The molecule has 0 amide bonds. The predicted molar refractivity (Wildman–Crippen MR) is 67.9 cm³/mol. The van der Waals surface area contributed by atoms with Gasteiger partial charge in [0.1, 0.15) is 11.6 Å². The number of nitrogens with one attached hydrogen (secondary N) is 1. The summed E-state index contributed by atoms with van der Waals surface area (Å²) in [6.07, 6.45) is 3.72. The van der Waals surface area contributed by atoms with Crippen LogP contribution in [0.15, 0.2) is 18.2 Å². The minimum atomic E-state index is -0.758. The number of hydrogen-bond acceptors (Lipinski definition) is 2. The Morgan fingerprint density at radius 1 is 1.26 bits per heavy atom. The second-order valence-electron chi connectivity index (χ2n) is 5.59. The second kappa shape index (κ2) is 5.00. The lowest BCUT2D eigenvalue weighted by molar-refractivity contribution is 0.0955. The highest BCUT2D eigenvalue weighted by Gasteiger charge is 2.39. The Morgan fingerprint density at radius 3 is 2.74 bits per heavy atom. The van der Waals surface area contributed by atoms with Gasteiger partial charge in [0, 0.05) is 12.5 Å². The molecule has 1 aromatic carbocycles. The first-order valence-electron chi connectivity index (χ1n) is 6.87. The molecule has 1 aliphatic heterocycles. The molecule has 1 heterocycles. The van der Waals surface area contributed by atoms with Gasteiger partial charge in [0.15, 0.2) is 5.78 Å². The summed E-state index contributed by atoms with van der Waals surface area (Å²) < 4.78 is 27.1. The lowest BCUT2D eigenvalue weighted by Gasteiger charge is -2.17. The fraction of sp³-hybridized carbons (Fsp3) is 0.533. The summed E-state index contributed by atoms with van der Waals surface area (Å²) in [5.74, 6) is -0.806. The van der Waals surface area contributed by atoms with Gasteiger partial charge in [0.2, 0.25) is 0 Å². The first kappa shape index (κ1) is 12.7. The number of carbonyl (C=O) groups excluding carboxylic acids is 1. The van der Waals surface area contributed by atoms with Gasteiger partial charge in [0.05, 0.1) is 5.56 Å². The largest absolute Gasteiger partial charge is 0.313 e. The van der Waals surface area contributed by atoms with Crippen LogP contribution in [0, 0.1) is 23.5 Å². The van der Waals surface area contributed by atoms with Crippen molar-refractivity contribution < 1.29 is 13.6 Å². The molecule has 1 saturated carbocycles. The maximum absolute atomic E-state index is 13.6. The van der Waals surface area contributed by atoms with E-state index in [1.165, 1.54) is 18.9 Å². The van der Waals surface area contributed by atoms with Gasteiger partial charge < -0.3 is 5.32 Å². The molecule has 1 saturated heterocycles. The molecule has 2 nitrogen and oxygen atoms in total. The van der Waals surface area contributed by atoms with Gasteiger partial charge in [-0.3, -0.25) is 4.79 Å². The van der Waals surface area contributed by atoms with E-state index >= 15 is 0 Å². The molecule has 19 heavy (non-hydrogen) atoms. The zero-order valence-corrected chi connectivity index (χ0v) is 10.7. The maximum atomic E-state index is 13.6. The van der Waals surface area contributed by atoms with Crippen LogP contribution < -0.4 is 5.32 Å². The normalized spacial score (nSPS) is 29.5. The van der Waals surface area contributed by atoms with Crippen molar-refractivity contribution in [1.82, 2.24) is 5.32 Å². The zero-order chi connectivity index (χ0) is 13.4. The van der Waals surface area contributed by atoms with Crippen LogP contribution in [0.25, 0.3) is 0 Å². The number of halogens is 2. The summed E-state index contributed by atoms with van der Waals surface area (Å²) in [6.45, 7) is 0.933. The van der Waals surface area contributed by atoms with Crippen LogP contribution >= 0.6 is 0 Å². The summed E-state index contributed by atoms with van der Waals surface area (Å²) in [6, 6.07) is 3.63. The highest BCUT2D eigenvalue weighted by Crippen LogP contribution is 2.39. The Bertz CT molecular complexity index is 483. The minimum absolute atomic E-state index is 0.0824. The fourth-order valence-corrected chi connectivity index (χ4v) is 3.59. The van der Waals surface area contributed by atoms with Crippen molar-refractivity contribution in [1.29, 1.82) is 0 Å². The highest BCUT2D eigenvalue weighted by molar-refractivity contribution is 5.97. The Kier molecular flexibility index (Phi) is 3.35. The van der Waals surface area contributed by atoms with E-state index in [1.807, 2.05) is 0 Å². The summed E-state index contributed by atoms with van der Waals surface area (Å²) in [4.78, 5) is 12.1. The number of rotatable bonds is 3. The van der Waals surface area contributed by atoms with Gasteiger partial charge >= 0.3 is 0 Å². The van der Waals surface area contributed by atoms with Crippen LogP contribution in [0.2, 0.25) is 0 Å². The Morgan fingerprint density at radius 2 is 2.00 bits per heavy atom. The summed E-state index contributed by atoms with van der Waals surface area (Å²) in [5, 5.41) is 3.33. The molecule has 2 aliphatic rings. The average Bonchev–Trinajstić information content (AvgIpc) is 2.94. The van der Waals surface area contributed by atoms with Crippen molar-refractivity contribution in [2.45, 2.75) is 31.7 Å². The van der Waals surface area contributed by atoms with Crippen molar-refractivity contribution in [3.63, 3.8) is 0 Å². The van der Waals surface area contributed by atoms with E-state index in [9.17, 15) is 13.6 Å². The number of hydrogen-bond donors (Lipinski definition) is 1. The third kappa shape index (κ3) is 2.29. The molecule has 0 spiro atoms. The topological polar surface area (TPSA) is 29.1 Å². The first-order valence-corrected chi connectivity index (χ1v) is 6.87. The third-order valence-corrected chi connectivity index (χ3v) is 4.52. The van der Waals surface area contributed by atoms with Crippen molar-refractivity contribution in [3.05, 3.63) is 35.4 Å². The molecule has 0 radical (unpaired) electrons. The van der Waals surface area contributed by atoms with Gasteiger partial charge in [-0.1, -0.05) is 12.5 Å². The third-order valence-electron chi connectivity index (χ3n) is 4.52. The molecule has 0 aromatic heterocycles. The molecule has 2 fully saturated rings. The lowest BCUT2D eigenvalue weighted by atomic mass is 9.90. The summed E-state index contributed by atoms with van der Waals surface area (Å²) >= 11 is 0. The summed E-state index contributed by atoms with van der Waals surface area (Å²) in [7, 11) is 0. The molecular formula is C15H17F2NO. The second-order valence-corrected chi connectivity index (χ2v) is 5.59. The fourth-order valence-electron chi connectivity index (χ4n) is 3.59. The van der Waals surface area contributed by atoms with Gasteiger partial charge in [0.25, 0.3) is 0 Å². The first-order chi connectivity index (χ1) is 9.16. The van der Waals surface area contributed by atoms with Crippen LogP contribution in [0.3, 0.4) is 0 Å². The number of ketones is 1. The highest BCUT2D eigenvalue weighted by atomic mass is 19.1. The van der Waals surface area contributed by atoms with E-state index in [2.05, 4.69) is 5.32 Å². The molecule has 3 atom stereocenters. The molecule has 3 unspecified atom stereocenters. The van der Waals surface area contributed by atoms with Crippen LogP contribution in [-0.4, -0.2) is 18.4 Å². The molecule has 102 valence electrons. The number of fused-ring (bicyclic) bond motifs is 1. The van der Waals surface area contributed by atoms with Crippen molar-refractivity contribution in [2.24, 2.45) is 11.8 Å². The smallest absolute Gasteiger partial charge is 0.170 e. The average molecular weight is 265 g/mol. The van der Waals surface area contributed by atoms with E-state index in [0.717, 1.165) is 25.1 Å². The quantitative estimate of drug-likeness (QED) is 0.851. The van der Waals surface area contributed by atoms with Crippen LogP contribution in [0.1, 0.15) is 36.0 Å². The predicted octanol–water partition coefficient (Wildman–Crippen LogP) is 2.93. The Labute approximate surface area is 111 Å². The monoisotopic (exact) mass is 265 g/mol. The molecule has 4 heteroatoms. The molecule has 1 aromatic rings. The number of carbonyl (C=O) groups is 1. The van der Waals surface area contributed by atoms with Crippen molar-refractivity contribution in [2.75, 3.05) is 6.54 Å². The van der Waals surface area contributed by atoms with Crippen LogP contribution in [0.5, 0.6) is 0 Å². The molecule has 0 bridgehead atoms. The van der Waals surface area contributed by atoms with E-state index in [1.54, 1.807) is 0 Å². The standard InChI is InChI=1S/C15H17F2NO/c16-11-5-2-6-12(17)15(11)14(19)7-13-10-4-1-3-9(10)8-18-13/h2,5-6,9-10,13,18H,1,3-4,7-8H2. The SMILES string of the molecule is O=C(CC1NCC2CCCC21)c1c(F)cccc1F. The van der Waals surface area contributed by atoms with E-state index in [4.69, 9.17) is 0 Å². The Hall–Kier alpha value is -1.29. The van der Waals surface area contributed by atoms with Crippen LogP contribution in [0.4, 0.5) is 8.78 Å². The van der Waals surface area contributed by atoms with E-state index in [0.29, 0.717) is 11.8 Å². The van der Waals surface area contributed by atoms with Gasteiger partial charge in [-0.2, -0.15) is 0 Å². The zero-order valence-electron chi connectivity index (χ0n) is 10.7. The van der Waals surface area contributed by atoms with Gasteiger partial charge in [-0.25, -0.2) is 8.78 Å². The molecule has 3 rings (SSSR count). The van der Waals surface area contributed by atoms with Gasteiger partial charge in [-0.05, 0) is 43.4 Å². The van der Waals surface area contributed by atoms with Crippen LogP contribution in [-0.2, 0) is 0 Å². The number of benzene rings is 1. The van der Waals surface area contributed by atoms with E-state index in [-0.39, 0.29) is 18.0 Å².